The lowest BCUT2D eigenvalue weighted by Crippen LogP contribution is -2.30. The monoisotopic (exact) mass is 305 g/mol. The summed E-state index contributed by atoms with van der Waals surface area (Å²) in [5, 5.41) is 3.58. The van der Waals surface area contributed by atoms with Crippen molar-refractivity contribution in [2.75, 3.05) is 13.7 Å². The molecule has 0 fully saturated rings. The van der Waals surface area contributed by atoms with Gasteiger partial charge in [-0.25, -0.2) is 4.39 Å². The summed E-state index contributed by atoms with van der Waals surface area (Å²) in [6.45, 7) is 0.648. The lowest BCUT2D eigenvalue weighted by Gasteiger charge is -2.32. The third-order valence-electron chi connectivity index (χ3n) is 3.94. The van der Waals surface area contributed by atoms with Crippen molar-refractivity contribution in [2.45, 2.75) is 18.6 Å². The maximum Gasteiger partial charge on any atom is 0.129 e. The minimum absolute atomic E-state index is 0.198. The van der Waals surface area contributed by atoms with Crippen molar-refractivity contribution in [2.24, 2.45) is 0 Å². The van der Waals surface area contributed by atoms with Crippen molar-refractivity contribution in [1.82, 2.24) is 5.32 Å². The molecule has 0 saturated heterocycles. The van der Waals surface area contributed by atoms with Crippen molar-refractivity contribution >= 4 is 11.6 Å². The van der Waals surface area contributed by atoms with Gasteiger partial charge < -0.3 is 10.1 Å². The van der Waals surface area contributed by atoms with Crippen LogP contribution in [0.2, 0.25) is 5.02 Å². The number of hydrogen-bond acceptors (Lipinski definition) is 2. The molecule has 110 valence electrons. The predicted molar refractivity (Wildman–Crippen MR) is 82.0 cm³/mol. The van der Waals surface area contributed by atoms with Crippen LogP contribution in [-0.4, -0.2) is 13.7 Å². The second kappa shape index (κ2) is 6.14. The molecule has 0 bridgehead atoms. The number of ether oxygens (including phenoxy) is 1. The molecule has 2 aromatic rings. The summed E-state index contributed by atoms with van der Waals surface area (Å²) in [6, 6.07) is 12.7. The topological polar surface area (TPSA) is 21.3 Å². The smallest absolute Gasteiger partial charge is 0.129 e. The van der Waals surface area contributed by atoms with Gasteiger partial charge in [0.25, 0.3) is 0 Å². The molecule has 1 aliphatic heterocycles. The molecule has 2 aromatic carbocycles. The highest BCUT2D eigenvalue weighted by atomic mass is 35.5. The van der Waals surface area contributed by atoms with E-state index in [0.29, 0.717) is 17.2 Å². The van der Waals surface area contributed by atoms with Gasteiger partial charge in [0.15, 0.2) is 0 Å². The van der Waals surface area contributed by atoms with Crippen molar-refractivity contribution in [3.05, 3.63) is 70.0 Å². The fraction of sp³-hybridized carbons (Fsp3) is 0.294. The standard InChI is InChI=1S/C17H17ClFNO/c1-20-16(14-7-6-12(18)10-15(14)19)17-13-5-3-2-4-11(13)8-9-21-17/h2-7,10,16-17,20H,8-9H2,1H3. The zero-order chi connectivity index (χ0) is 14.8. The van der Waals surface area contributed by atoms with Crippen molar-refractivity contribution in [3.63, 3.8) is 0 Å². The molecule has 0 aromatic heterocycles. The van der Waals surface area contributed by atoms with E-state index in [2.05, 4.69) is 17.4 Å². The Bertz CT molecular complexity index is 646. The molecule has 3 rings (SSSR count). The molecule has 21 heavy (non-hydrogen) atoms. The highest BCUT2D eigenvalue weighted by molar-refractivity contribution is 6.30. The summed E-state index contributed by atoms with van der Waals surface area (Å²) in [4.78, 5) is 0. The van der Waals surface area contributed by atoms with Gasteiger partial charge in [-0.15, -0.1) is 0 Å². The molecule has 2 atom stereocenters. The number of halogens is 2. The Morgan fingerprint density at radius 2 is 2.10 bits per heavy atom. The normalized spacial score (nSPS) is 19.1. The van der Waals surface area contributed by atoms with Crippen LogP contribution < -0.4 is 5.32 Å². The maximum absolute atomic E-state index is 14.2. The maximum atomic E-state index is 14.2. The highest BCUT2D eigenvalue weighted by Gasteiger charge is 2.30. The molecule has 1 N–H and O–H groups in total. The van der Waals surface area contributed by atoms with E-state index < -0.39 is 0 Å². The molecule has 1 aliphatic rings. The Labute approximate surface area is 128 Å². The zero-order valence-electron chi connectivity index (χ0n) is 11.8. The van der Waals surface area contributed by atoms with Gasteiger partial charge in [-0.3, -0.25) is 0 Å². The average molecular weight is 306 g/mol. The molecular formula is C17H17ClFNO. The Kier molecular flexibility index (Phi) is 4.24. The van der Waals surface area contributed by atoms with E-state index in [1.165, 1.54) is 11.6 Å². The van der Waals surface area contributed by atoms with Gasteiger partial charge in [0, 0.05) is 10.6 Å². The summed E-state index contributed by atoms with van der Waals surface area (Å²) in [5.74, 6) is -0.312. The Balaban J connectivity index is 2.01. The highest BCUT2D eigenvalue weighted by Crippen LogP contribution is 2.37. The number of benzene rings is 2. The molecule has 0 radical (unpaired) electrons. The summed E-state index contributed by atoms with van der Waals surface area (Å²) >= 11 is 5.84. The largest absolute Gasteiger partial charge is 0.371 e. The number of rotatable bonds is 3. The molecule has 0 aliphatic carbocycles. The summed E-state index contributed by atoms with van der Waals surface area (Å²) in [6.07, 6.45) is 0.697. The first kappa shape index (κ1) is 14.5. The molecule has 0 saturated carbocycles. The fourth-order valence-electron chi connectivity index (χ4n) is 2.92. The molecule has 1 heterocycles. The van der Waals surface area contributed by atoms with E-state index >= 15 is 0 Å². The minimum Gasteiger partial charge on any atom is -0.371 e. The quantitative estimate of drug-likeness (QED) is 0.923. The molecule has 0 spiro atoms. The SMILES string of the molecule is CNC(c1ccc(Cl)cc1F)C1OCCc2ccccc21. The van der Waals surface area contributed by atoms with Gasteiger partial charge in [-0.1, -0.05) is 41.9 Å². The van der Waals surface area contributed by atoms with Crippen LogP contribution in [0.3, 0.4) is 0 Å². The van der Waals surface area contributed by atoms with Crippen LogP contribution in [-0.2, 0) is 11.2 Å². The van der Waals surface area contributed by atoms with Gasteiger partial charge in [0.1, 0.15) is 11.9 Å². The third kappa shape index (κ3) is 2.82. The van der Waals surface area contributed by atoms with Crippen molar-refractivity contribution in [3.8, 4) is 0 Å². The molecule has 2 unspecified atom stereocenters. The Hall–Kier alpha value is -1.42. The summed E-state index contributed by atoms with van der Waals surface area (Å²) in [7, 11) is 1.82. The van der Waals surface area contributed by atoms with E-state index in [-0.39, 0.29) is 18.0 Å². The molecule has 2 nitrogen and oxygen atoms in total. The number of hydrogen-bond donors (Lipinski definition) is 1. The average Bonchev–Trinajstić information content (AvgIpc) is 2.50. The zero-order valence-corrected chi connectivity index (χ0v) is 12.5. The van der Waals surface area contributed by atoms with Gasteiger partial charge in [0.05, 0.1) is 12.6 Å². The minimum atomic E-state index is -0.312. The van der Waals surface area contributed by atoms with Gasteiger partial charge >= 0.3 is 0 Å². The Morgan fingerprint density at radius 1 is 1.29 bits per heavy atom. The van der Waals surface area contributed by atoms with Crippen LogP contribution in [0.25, 0.3) is 0 Å². The molecule has 0 amide bonds. The number of fused-ring (bicyclic) bond motifs is 1. The van der Waals surface area contributed by atoms with Crippen LogP contribution in [0.1, 0.15) is 28.8 Å². The number of likely N-dealkylation sites (N-methyl/N-ethyl adjacent to an activating group) is 1. The first-order valence-corrected chi connectivity index (χ1v) is 7.40. The van der Waals surface area contributed by atoms with E-state index in [1.54, 1.807) is 12.1 Å². The lowest BCUT2D eigenvalue weighted by atomic mass is 9.89. The van der Waals surface area contributed by atoms with Gasteiger partial charge in [-0.2, -0.15) is 0 Å². The predicted octanol–water partition coefficient (Wildman–Crippen LogP) is 4.05. The third-order valence-corrected chi connectivity index (χ3v) is 4.18. The van der Waals surface area contributed by atoms with Crippen LogP contribution in [0, 0.1) is 5.82 Å². The van der Waals surface area contributed by atoms with Crippen LogP contribution in [0.4, 0.5) is 4.39 Å². The first-order chi connectivity index (χ1) is 10.2. The van der Waals surface area contributed by atoms with Crippen molar-refractivity contribution in [1.29, 1.82) is 0 Å². The van der Waals surface area contributed by atoms with E-state index in [9.17, 15) is 4.39 Å². The molecular weight excluding hydrogens is 289 g/mol. The lowest BCUT2D eigenvalue weighted by molar-refractivity contribution is 0.0157. The van der Waals surface area contributed by atoms with E-state index in [1.807, 2.05) is 19.2 Å². The van der Waals surface area contributed by atoms with Crippen molar-refractivity contribution < 1.29 is 9.13 Å². The van der Waals surface area contributed by atoms with E-state index in [4.69, 9.17) is 16.3 Å². The second-order valence-corrected chi connectivity index (χ2v) is 5.61. The first-order valence-electron chi connectivity index (χ1n) is 7.02. The summed E-state index contributed by atoms with van der Waals surface area (Å²) < 4.78 is 20.2. The van der Waals surface area contributed by atoms with Gasteiger partial charge in [0.2, 0.25) is 0 Å². The van der Waals surface area contributed by atoms with E-state index in [0.717, 1.165) is 12.0 Å². The van der Waals surface area contributed by atoms with Gasteiger partial charge in [-0.05, 0) is 36.7 Å². The summed E-state index contributed by atoms with van der Waals surface area (Å²) in [5.41, 5.74) is 2.96. The Morgan fingerprint density at radius 3 is 2.86 bits per heavy atom. The van der Waals surface area contributed by atoms with Crippen LogP contribution in [0.5, 0.6) is 0 Å². The fourth-order valence-corrected chi connectivity index (χ4v) is 3.08. The molecule has 4 heteroatoms. The van der Waals surface area contributed by atoms with Crippen LogP contribution >= 0.6 is 11.6 Å². The number of nitrogens with one attached hydrogen (secondary N) is 1. The van der Waals surface area contributed by atoms with Crippen LogP contribution in [0.15, 0.2) is 42.5 Å². The second-order valence-electron chi connectivity index (χ2n) is 5.17.